The first-order chi connectivity index (χ1) is 12.9. The second kappa shape index (κ2) is 7.54. The molecule has 1 amide bonds. The fraction of sp³-hybridized carbons (Fsp3) is 0.176. The van der Waals surface area contributed by atoms with Crippen LogP contribution in [-0.2, 0) is 19.4 Å². The van der Waals surface area contributed by atoms with Crippen molar-refractivity contribution in [2.24, 2.45) is 0 Å². The van der Waals surface area contributed by atoms with Crippen molar-refractivity contribution in [2.75, 3.05) is 18.2 Å². The van der Waals surface area contributed by atoms with Crippen molar-refractivity contribution >= 4 is 38.4 Å². The van der Waals surface area contributed by atoms with Crippen LogP contribution in [0.1, 0.15) is 16.8 Å². The molecule has 9 nitrogen and oxygen atoms in total. The Morgan fingerprint density at radius 2 is 1.85 bits per heavy atom. The van der Waals surface area contributed by atoms with E-state index in [9.17, 15) is 18.0 Å². The van der Waals surface area contributed by atoms with Crippen LogP contribution in [0.4, 0.5) is 5.69 Å². The second-order valence-electron chi connectivity index (χ2n) is 5.57. The number of aromatic nitrogens is 2. The molecule has 1 N–H and O–H groups in total. The number of amides is 1. The summed E-state index contributed by atoms with van der Waals surface area (Å²) in [6.45, 7) is 0. The number of anilines is 1. The van der Waals surface area contributed by atoms with Crippen molar-refractivity contribution in [3.05, 3.63) is 48.0 Å². The monoisotopic (exact) mass is 389 g/mol. The number of carbonyl (C=O) groups excluding carboxylic acids is 2. The number of benzene rings is 2. The van der Waals surface area contributed by atoms with E-state index in [1.165, 1.54) is 43.5 Å². The third kappa shape index (κ3) is 4.11. The van der Waals surface area contributed by atoms with Gasteiger partial charge in [0.2, 0.25) is 5.91 Å². The van der Waals surface area contributed by atoms with E-state index < -0.39 is 27.5 Å². The zero-order valence-electron chi connectivity index (χ0n) is 14.2. The molecule has 10 heteroatoms. The minimum absolute atomic E-state index is 0.0310. The lowest BCUT2D eigenvalue weighted by Gasteiger charge is -2.07. The third-order valence-electron chi connectivity index (χ3n) is 3.77. The summed E-state index contributed by atoms with van der Waals surface area (Å²) in [5, 5.41) is 9.79. The lowest BCUT2D eigenvalue weighted by molar-refractivity contribution is -0.115. The molecule has 1 heterocycles. The van der Waals surface area contributed by atoms with Crippen LogP contribution in [0, 0.1) is 0 Å². The molecule has 0 fully saturated rings. The summed E-state index contributed by atoms with van der Waals surface area (Å²) in [5.74, 6) is -1.37. The zero-order valence-corrected chi connectivity index (χ0v) is 15.0. The number of sulfone groups is 1. The molecule has 27 heavy (non-hydrogen) atoms. The van der Waals surface area contributed by atoms with Crippen LogP contribution in [0.2, 0.25) is 0 Å². The van der Waals surface area contributed by atoms with Gasteiger partial charge in [0.15, 0.2) is 15.4 Å². The third-order valence-corrected chi connectivity index (χ3v) is 5.51. The summed E-state index contributed by atoms with van der Waals surface area (Å²) in [6, 6.07) is 10.6. The van der Waals surface area contributed by atoms with Gasteiger partial charge < -0.3 is 10.1 Å². The number of nitrogens with zero attached hydrogens (tertiary/aromatic N) is 2. The Morgan fingerprint density at radius 1 is 1.11 bits per heavy atom. The van der Waals surface area contributed by atoms with E-state index in [0.717, 1.165) is 0 Å². The van der Waals surface area contributed by atoms with Gasteiger partial charge in [-0.15, -0.1) is 0 Å². The molecule has 0 saturated heterocycles. The van der Waals surface area contributed by atoms with Gasteiger partial charge in [-0.05, 0) is 46.7 Å². The predicted molar refractivity (Wildman–Crippen MR) is 94.9 cm³/mol. The van der Waals surface area contributed by atoms with Crippen LogP contribution < -0.4 is 5.32 Å². The highest BCUT2D eigenvalue weighted by Crippen LogP contribution is 2.21. The average molecular weight is 389 g/mol. The summed E-state index contributed by atoms with van der Waals surface area (Å²) in [6.07, 6.45) is -0.247. The van der Waals surface area contributed by atoms with E-state index in [2.05, 4.69) is 25.0 Å². The average Bonchev–Trinajstić information content (AvgIpc) is 3.15. The topological polar surface area (TPSA) is 128 Å². The lowest BCUT2D eigenvalue weighted by Crippen LogP contribution is -2.17. The van der Waals surface area contributed by atoms with Crippen molar-refractivity contribution < 1.29 is 27.4 Å². The molecule has 0 saturated carbocycles. The Labute approximate surface area is 154 Å². The van der Waals surface area contributed by atoms with E-state index in [1.54, 1.807) is 6.07 Å². The molecule has 0 radical (unpaired) electrons. The molecule has 140 valence electrons. The Morgan fingerprint density at radius 3 is 2.56 bits per heavy atom. The van der Waals surface area contributed by atoms with E-state index in [4.69, 9.17) is 0 Å². The van der Waals surface area contributed by atoms with Crippen molar-refractivity contribution in [2.45, 2.75) is 11.3 Å². The molecule has 2 aromatic carbocycles. The normalized spacial score (nSPS) is 11.3. The Kier molecular flexibility index (Phi) is 5.17. The van der Waals surface area contributed by atoms with Crippen LogP contribution in [0.15, 0.2) is 52.0 Å². The van der Waals surface area contributed by atoms with Gasteiger partial charge in [0.25, 0.3) is 0 Å². The molecule has 0 unspecified atom stereocenters. The summed E-state index contributed by atoms with van der Waals surface area (Å²) >= 11 is 0. The van der Waals surface area contributed by atoms with Crippen molar-refractivity contribution in [3.8, 4) is 0 Å². The first-order valence-electron chi connectivity index (χ1n) is 7.83. The van der Waals surface area contributed by atoms with Gasteiger partial charge in [0.05, 0.1) is 23.3 Å². The maximum Gasteiger partial charge on any atom is 0.337 e. The van der Waals surface area contributed by atoms with Crippen molar-refractivity contribution in [1.82, 2.24) is 10.3 Å². The molecule has 0 aliphatic heterocycles. The number of hydrogen-bond donors (Lipinski definition) is 1. The summed E-state index contributed by atoms with van der Waals surface area (Å²) in [5.41, 5.74) is 1.24. The van der Waals surface area contributed by atoms with Gasteiger partial charge >= 0.3 is 5.97 Å². The zero-order chi connectivity index (χ0) is 19.4. The minimum Gasteiger partial charge on any atom is -0.465 e. The molecule has 1 aromatic heterocycles. The first kappa shape index (κ1) is 18.5. The summed E-state index contributed by atoms with van der Waals surface area (Å²) < 4.78 is 34.2. The lowest BCUT2D eigenvalue weighted by atomic mass is 10.2. The molecule has 0 atom stereocenters. The highest BCUT2D eigenvalue weighted by atomic mass is 32.2. The molecule has 0 aliphatic carbocycles. The van der Waals surface area contributed by atoms with Gasteiger partial charge in [0.1, 0.15) is 5.52 Å². The number of fused-ring (bicyclic) bond motifs is 1. The number of nitrogens with one attached hydrogen (secondary N) is 1. The Balaban J connectivity index is 1.65. The predicted octanol–water partition coefficient (Wildman–Crippen LogP) is 1.81. The fourth-order valence-electron chi connectivity index (χ4n) is 2.40. The minimum atomic E-state index is -3.75. The number of carbonyl (C=O) groups is 2. The van der Waals surface area contributed by atoms with Crippen LogP contribution in [0.25, 0.3) is 11.0 Å². The quantitative estimate of drug-likeness (QED) is 0.632. The van der Waals surface area contributed by atoms with Crippen LogP contribution in [0.3, 0.4) is 0 Å². The van der Waals surface area contributed by atoms with Crippen LogP contribution in [0.5, 0.6) is 0 Å². The van der Waals surface area contributed by atoms with Gasteiger partial charge in [0, 0.05) is 12.1 Å². The number of ether oxygens (including phenoxy) is 1. The van der Waals surface area contributed by atoms with Gasteiger partial charge in [-0.1, -0.05) is 6.07 Å². The van der Waals surface area contributed by atoms with E-state index in [-0.39, 0.29) is 16.8 Å². The van der Waals surface area contributed by atoms with E-state index in [0.29, 0.717) is 16.8 Å². The maximum absolute atomic E-state index is 12.5. The highest BCUT2D eigenvalue weighted by Gasteiger charge is 2.21. The molecule has 0 bridgehead atoms. The van der Waals surface area contributed by atoms with Crippen molar-refractivity contribution in [1.29, 1.82) is 0 Å². The number of hydrogen-bond acceptors (Lipinski definition) is 8. The number of methoxy groups -OCH3 is 1. The molecule has 3 rings (SSSR count). The van der Waals surface area contributed by atoms with Crippen LogP contribution in [-0.4, -0.2) is 43.5 Å². The molecule has 0 spiro atoms. The van der Waals surface area contributed by atoms with E-state index in [1.807, 2.05) is 0 Å². The molecular weight excluding hydrogens is 374 g/mol. The summed E-state index contributed by atoms with van der Waals surface area (Å²) in [4.78, 5) is 23.4. The largest absolute Gasteiger partial charge is 0.465 e. The number of rotatable bonds is 6. The smallest absolute Gasteiger partial charge is 0.337 e. The SMILES string of the molecule is COC(=O)c1ccc(NC(=O)CCS(=O)(=O)c2cccc3nonc23)cc1. The van der Waals surface area contributed by atoms with Gasteiger partial charge in [-0.2, -0.15) is 0 Å². The van der Waals surface area contributed by atoms with Crippen molar-refractivity contribution in [3.63, 3.8) is 0 Å². The molecule has 3 aromatic rings. The standard InChI is InChI=1S/C17H15N3O6S/c1-25-17(22)11-5-7-12(8-6-11)18-15(21)9-10-27(23,24)14-4-2-3-13-16(14)20-26-19-13/h2-8H,9-10H2,1H3,(H,18,21). The van der Waals surface area contributed by atoms with E-state index >= 15 is 0 Å². The maximum atomic E-state index is 12.5. The number of esters is 1. The highest BCUT2D eigenvalue weighted by molar-refractivity contribution is 7.91. The molecular formula is C17H15N3O6S. The molecule has 0 aliphatic rings. The Hall–Kier alpha value is -3.27. The second-order valence-corrected chi connectivity index (χ2v) is 7.65. The van der Waals surface area contributed by atoms with Gasteiger partial charge in [-0.3, -0.25) is 4.79 Å². The Bertz CT molecular complexity index is 1090. The fourth-order valence-corrected chi connectivity index (χ4v) is 3.80. The first-order valence-corrected chi connectivity index (χ1v) is 9.48. The van der Waals surface area contributed by atoms with Gasteiger partial charge in [-0.25, -0.2) is 17.8 Å². The van der Waals surface area contributed by atoms with Crippen LogP contribution >= 0.6 is 0 Å². The summed E-state index contributed by atoms with van der Waals surface area (Å²) in [7, 11) is -2.48.